The van der Waals surface area contributed by atoms with Crippen LogP contribution in [0.5, 0.6) is 5.75 Å². The molecule has 176 valence electrons. The van der Waals surface area contributed by atoms with E-state index in [4.69, 9.17) is 16.3 Å². The van der Waals surface area contributed by atoms with Crippen molar-refractivity contribution < 1.29 is 19.1 Å². The first-order valence-corrected chi connectivity index (χ1v) is 11.9. The summed E-state index contributed by atoms with van der Waals surface area (Å²) in [4.78, 5) is 39.9. The maximum Gasteiger partial charge on any atom is 0.251 e. The van der Waals surface area contributed by atoms with E-state index < -0.39 is 11.5 Å². The monoisotopic (exact) mass is 463 g/mol. The van der Waals surface area contributed by atoms with E-state index in [1.165, 1.54) is 0 Å². The number of hydrogen-bond donors (Lipinski definition) is 2. The molecule has 2 fully saturated rings. The number of alkyl halides is 1. The van der Waals surface area contributed by atoms with Crippen LogP contribution in [0.4, 0.5) is 0 Å². The summed E-state index contributed by atoms with van der Waals surface area (Å²) in [6.45, 7) is 4.23. The molecule has 2 aliphatic rings. The number of ether oxygens (including phenoxy) is 1. The Bertz CT molecular complexity index is 819. The number of nitrogens with one attached hydrogen (secondary N) is 2. The number of amides is 3. The van der Waals surface area contributed by atoms with Gasteiger partial charge in [-0.2, -0.15) is 0 Å². The number of benzene rings is 1. The molecule has 3 amide bonds. The van der Waals surface area contributed by atoms with Crippen LogP contribution in [0, 0.1) is 5.41 Å². The largest absolute Gasteiger partial charge is 0.497 e. The van der Waals surface area contributed by atoms with E-state index >= 15 is 0 Å². The number of carbonyl (C=O) groups is 3. The van der Waals surface area contributed by atoms with E-state index in [2.05, 4.69) is 10.6 Å². The molecule has 0 spiro atoms. The highest BCUT2D eigenvalue weighted by Crippen LogP contribution is 2.28. The van der Waals surface area contributed by atoms with Crippen molar-refractivity contribution in [2.75, 3.05) is 19.5 Å². The fraction of sp³-hybridized carbons (Fsp3) is 0.625. The predicted octanol–water partition coefficient (Wildman–Crippen LogP) is 3.11. The van der Waals surface area contributed by atoms with Gasteiger partial charge >= 0.3 is 0 Å². The molecule has 3 rings (SSSR count). The lowest BCUT2D eigenvalue weighted by Gasteiger charge is -2.34. The smallest absolute Gasteiger partial charge is 0.251 e. The van der Waals surface area contributed by atoms with Gasteiger partial charge in [-0.15, -0.1) is 11.6 Å². The summed E-state index contributed by atoms with van der Waals surface area (Å²) in [5.41, 5.74) is -0.0722. The van der Waals surface area contributed by atoms with Crippen LogP contribution in [0.2, 0.25) is 0 Å². The van der Waals surface area contributed by atoms with Crippen molar-refractivity contribution in [1.29, 1.82) is 0 Å². The van der Waals surface area contributed by atoms with E-state index in [9.17, 15) is 14.4 Å². The molecule has 7 nitrogen and oxygen atoms in total. The van der Waals surface area contributed by atoms with Crippen LogP contribution < -0.4 is 15.4 Å². The van der Waals surface area contributed by atoms with Crippen molar-refractivity contribution in [2.45, 2.75) is 70.5 Å². The lowest BCUT2D eigenvalue weighted by atomic mass is 9.90. The van der Waals surface area contributed by atoms with E-state index in [1.807, 2.05) is 13.8 Å². The van der Waals surface area contributed by atoms with Gasteiger partial charge in [0.05, 0.1) is 12.5 Å². The van der Waals surface area contributed by atoms with Gasteiger partial charge in [0.15, 0.2) is 0 Å². The normalized spacial score (nSPS) is 23.5. The third kappa shape index (κ3) is 5.74. The van der Waals surface area contributed by atoms with E-state index in [0.29, 0.717) is 24.3 Å². The molecule has 2 N–H and O–H groups in total. The minimum Gasteiger partial charge on any atom is -0.497 e. The second-order valence-electron chi connectivity index (χ2n) is 9.43. The van der Waals surface area contributed by atoms with Crippen LogP contribution in [-0.2, 0) is 9.59 Å². The first-order valence-electron chi connectivity index (χ1n) is 11.4. The van der Waals surface area contributed by atoms with Gasteiger partial charge in [0, 0.05) is 30.1 Å². The van der Waals surface area contributed by atoms with Crippen LogP contribution in [0.1, 0.15) is 62.7 Å². The summed E-state index contributed by atoms with van der Waals surface area (Å²) in [6.07, 6.45) is 4.72. The summed E-state index contributed by atoms with van der Waals surface area (Å²) in [5, 5.41) is 6.23. The van der Waals surface area contributed by atoms with Gasteiger partial charge in [-0.1, -0.05) is 0 Å². The topological polar surface area (TPSA) is 87.7 Å². The van der Waals surface area contributed by atoms with Crippen molar-refractivity contribution in [3.63, 3.8) is 0 Å². The number of likely N-dealkylation sites (tertiary alicyclic amines) is 1. The van der Waals surface area contributed by atoms with Crippen molar-refractivity contribution in [3.8, 4) is 5.75 Å². The third-order valence-corrected chi connectivity index (χ3v) is 7.16. The number of rotatable bonds is 7. The molecular weight excluding hydrogens is 430 g/mol. The molecule has 0 radical (unpaired) electrons. The average molecular weight is 464 g/mol. The molecule has 1 aromatic rings. The molecule has 0 aromatic heterocycles. The summed E-state index contributed by atoms with van der Waals surface area (Å²) in [7, 11) is 1.59. The molecule has 1 atom stereocenters. The molecule has 0 bridgehead atoms. The van der Waals surface area contributed by atoms with Gasteiger partial charge in [0.25, 0.3) is 5.91 Å². The molecular formula is C24H34ClN3O4. The first-order chi connectivity index (χ1) is 15.2. The highest BCUT2D eigenvalue weighted by molar-refractivity contribution is 6.19. The van der Waals surface area contributed by atoms with Gasteiger partial charge in [-0.25, -0.2) is 0 Å². The Morgan fingerprint density at radius 1 is 1.03 bits per heavy atom. The number of nitrogens with zero attached hydrogens (tertiary/aromatic N) is 1. The second-order valence-corrected chi connectivity index (χ2v) is 9.70. The molecule has 0 unspecified atom stereocenters. The third-order valence-electron chi connectivity index (χ3n) is 6.49. The summed E-state index contributed by atoms with van der Waals surface area (Å²) >= 11 is 5.97. The Kier molecular flexibility index (Phi) is 8.04. The summed E-state index contributed by atoms with van der Waals surface area (Å²) in [5.74, 6) is 0.707. The van der Waals surface area contributed by atoms with E-state index in [-0.39, 0.29) is 35.7 Å². The first kappa shape index (κ1) is 24.4. The van der Waals surface area contributed by atoms with Crippen molar-refractivity contribution in [2.24, 2.45) is 5.41 Å². The minimum absolute atomic E-state index is 0.0601. The minimum atomic E-state index is -0.676. The van der Waals surface area contributed by atoms with Gasteiger partial charge < -0.3 is 20.3 Å². The van der Waals surface area contributed by atoms with Crippen molar-refractivity contribution in [1.82, 2.24) is 15.5 Å². The van der Waals surface area contributed by atoms with Gasteiger partial charge in [-0.3, -0.25) is 14.4 Å². The Hall–Kier alpha value is -2.28. The van der Waals surface area contributed by atoms with Gasteiger partial charge in [-0.05, 0) is 76.6 Å². The zero-order valence-corrected chi connectivity index (χ0v) is 19.9. The SMILES string of the molecule is COc1ccc(C(=O)NC2CCC(NC(=O)[C@@H]3CCCN3C(=O)C(C)(C)CCl)CC2)cc1. The maximum absolute atomic E-state index is 12.9. The van der Waals surface area contributed by atoms with Gasteiger partial charge in [0.2, 0.25) is 11.8 Å². The standard InChI is InChI=1S/C24H34ClN3O4/c1-24(2,15-25)23(31)28-14-4-5-20(28)22(30)27-18-10-8-17(9-11-18)26-21(29)16-6-12-19(32-3)13-7-16/h6-7,12-13,17-18,20H,4-5,8-11,14-15H2,1-3H3,(H,26,29)(H,27,30)/t17?,18?,20-/m0/s1. The zero-order chi connectivity index (χ0) is 23.3. The Morgan fingerprint density at radius 3 is 2.19 bits per heavy atom. The van der Waals surface area contributed by atoms with Crippen LogP contribution >= 0.6 is 11.6 Å². The Balaban J connectivity index is 1.47. The van der Waals surface area contributed by atoms with Crippen molar-refractivity contribution >= 4 is 29.3 Å². The van der Waals surface area contributed by atoms with Crippen LogP contribution in [0.3, 0.4) is 0 Å². The fourth-order valence-corrected chi connectivity index (χ4v) is 4.53. The zero-order valence-electron chi connectivity index (χ0n) is 19.2. The molecule has 1 aromatic carbocycles. The fourth-order valence-electron chi connectivity index (χ4n) is 4.42. The highest BCUT2D eigenvalue weighted by atomic mass is 35.5. The molecule has 8 heteroatoms. The van der Waals surface area contributed by atoms with Gasteiger partial charge in [0.1, 0.15) is 11.8 Å². The quantitative estimate of drug-likeness (QED) is 0.608. The lowest BCUT2D eigenvalue weighted by molar-refractivity contribution is -0.144. The molecule has 1 aliphatic heterocycles. The van der Waals surface area contributed by atoms with E-state index in [1.54, 1.807) is 36.3 Å². The van der Waals surface area contributed by atoms with Crippen LogP contribution in [0.25, 0.3) is 0 Å². The molecule has 1 aliphatic carbocycles. The second kappa shape index (κ2) is 10.6. The number of hydrogen-bond acceptors (Lipinski definition) is 4. The predicted molar refractivity (Wildman–Crippen MR) is 124 cm³/mol. The van der Waals surface area contributed by atoms with Crippen molar-refractivity contribution in [3.05, 3.63) is 29.8 Å². The maximum atomic E-state index is 12.9. The van der Waals surface area contributed by atoms with Crippen LogP contribution in [-0.4, -0.2) is 60.3 Å². The molecule has 1 saturated heterocycles. The van der Waals surface area contributed by atoms with E-state index in [0.717, 1.165) is 32.1 Å². The summed E-state index contributed by atoms with van der Waals surface area (Å²) in [6, 6.07) is 6.78. The number of carbonyl (C=O) groups excluding carboxylic acids is 3. The average Bonchev–Trinajstić information content (AvgIpc) is 3.29. The Labute approximate surface area is 195 Å². The summed E-state index contributed by atoms with van der Waals surface area (Å²) < 4.78 is 5.13. The van der Waals surface area contributed by atoms with Crippen LogP contribution in [0.15, 0.2) is 24.3 Å². The molecule has 1 saturated carbocycles. The highest BCUT2D eigenvalue weighted by Gasteiger charge is 2.40. The lowest BCUT2D eigenvalue weighted by Crippen LogP contribution is -2.53. The number of methoxy groups -OCH3 is 1. The molecule has 1 heterocycles. The Morgan fingerprint density at radius 2 is 1.62 bits per heavy atom. The molecule has 32 heavy (non-hydrogen) atoms. The number of halogens is 1.